The van der Waals surface area contributed by atoms with Crippen LogP contribution in [0.2, 0.25) is 0 Å². The first-order valence-corrected chi connectivity index (χ1v) is 5.20. The molecule has 0 aromatic heterocycles. The maximum atomic E-state index is 5.83. The van der Waals surface area contributed by atoms with Gasteiger partial charge in [-0.1, -0.05) is 20.8 Å². The molecule has 1 saturated heterocycles. The standard InChI is InChI=1S/C10H23N3/c1-10(2,3)9(8-11)13-6-4-12-5-7-13/h9,12H,4-8,11H2,1-3H3. The highest BCUT2D eigenvalue weighted by Gasteiger charge is 2.29. The lowest BCUT2D eigenvalue weighted by molar-refractivity contribution is 0.0922. The second kappa shape index (κ2) is 4.40. The van der Waals surface area contributed by atoms with E-state index in [-0.39, 0.29) is 0 Å². The van der Waals surface area contributed by atoms with Gasteiger partial charge in [-0.25, -0.2) is 0 Å². The molecule has 78 valence electrons. The molecule has 0 aliphatic carbocycles. The summed E-state index contributed by atoms with van der Waals surface area (Å²) in [5.74, 6) is 0. The molecule has 0 saturated carbocycles. The van der Waals surface area contributed by atoms with Crippen molar-refractivity contribution < 1.29 is 0 Å². The molecule has 1 aliphatic heterocycles. The summed E-state index contributed by atoms with van der Waals surface area (Å²) in [7, 11) is 0. The van der Waals surface area contributed by atoms with E-state index in [0.29, 0.717) is 11.5 Å². The molecule has 13 heavy (non-hydrogen) atoms. The van der Waals surface area contributed by atoms with Crippen LogP contribution in [0.1, 0.15) is 20.8 Å². The lowest BCUT2D eigenvalue weighted by Gasteiger charge is -2.41. The van der Waals surface area contributed by atoms with Crippen LogP contribution >= 0.6 is 0 Å². The lowest BCUT2D eigenvalue weighted by Crippen LogP contribution is -2.55. The van der Waals surface area contributed by atoms with Crippen LogP contribution in [0.3, 0.4) is 0 Å². The Hall–Kier alpha value is -0.120. The van der Waals surface area contributed by atoms with Crippen molar-refractivity contribution in [3.63, 3.8) is 0 Å². The largest absolute Gasteiger partial charge is 0.329 e. The Balaban J connectivity index is 2.54. The number of nitrogens with zero attached hydrogens (tertiary/aromatic N) is 1. The second-order valence-corrected chi connectivity index (χ2v) is 4.90. The van der Waals surface area contributed by atoms with Crippen LogP contribution in [0.5, 0.6) is 0 Å². The number of rotatable bonds is 2. The van der Waals surface area contributed by atoms with Crippen molar-refractivity contribution in [3.05, 3.63) is 0 Å². The summed E-state index contributed by atoms with van der Waals surface area (Å²) in [6, 6.07) is 0.523. The summed E-state index contributed by atoms with van der Waals surface area (Å²) in [5, 5.41) is 3.36. The van der Waals surface area contributed by atoms with E-state index in [2.05, 4.69) is 31.0 Å². The van der Waals surface area contributed by atoms with Crippen LogP contribution in [0.25, 0.3) is 0 Å². The van der Waals surface area contributed by atoms with Crippen molar-refractivity contribution in [1.82, 2.24) is 10.2 Å². The Morgan fingerprint density at radius 1 is 1.31 bits per heavy atom. The summed E-state index contributed by atoms with van der Waals surface area (Å²) in [6.45, 7) is 12.1. The molecule has 0 aromatic rings. The van der Waals surface area contributed by atoms with E-state index in [1.54, 1.807) is 0 Å². The molecule has 0 amide bonds. The molecule has 3 nitrogen and oxygen atoms in total. The molecule has 1 rings (SSSR count). The van der Waals surface area contributed by atoms with Gasteiger partial charge in [0.1, 0.15) is 0 Å². The Morgan fingerprint density at radius 3 is 2.23 bits per heavy atom. The first-order valence-electron chi connectivity index (χ1n) is 5.20. The van der Waals surface area contributed by atoms with E-state index in [1.807, 2.05) is 0 Å². The fourth-order valence-electron chi connectivity index (χ4n) is 2.04. The van der Waals surface area contributed by atoms with Crippen LogP contribution in [0, 0.1) is 5.41 Å². The molecular weight excluding hydrogens is 162 g/mol. The SMILES string of the molecule is CC(C)(C)C(CN)N1CCNCC1. The van der Waals surface area contributed by atoms with Crippen molar-refractivity contribution in [3.8, 4) is 0 Å². The molecule has 1 fully saturated rings. The van der Waals surface area contributed by atoms with Gasteiger partial charge < -0.3 is 11.1 Å². The highest BCUT2D eigenvalue weighted by molar-refractivity contribution is 4.86. The van der Waals surface area contributed by atoms with Crippen molar-refractivity contribution in [2.45, 2.75) is 26.8 Å². The van der Waals surface area contributed by atoms with Crippen molar-refractivity contribution in [2.75, 3.05) is 32.7 Å². The van der Waals surface area contributed by atoms with Gasteiger partial charge in [-0.05, 0) is 5.41 Å². The molecule has 1 unspecified atom stereocenters. The van der Waals surface area contributed by atoms with E-state index in [4.69, 9.17) is 5.73 Å². The first-order chi connectivity index (χ1) is 6.05. The Morgan fingerprint density at radius 2 is 1.85 bits per heavy atom. The Labute approximate surface area is 81.7 Å². The van der Waals surface area contributed by atoms with Gasteiger partial charge in [-0.3, -0.25) is 4.90 Å². The minimum Gasteiger partial charge on any atom is -0.329 e. The lowest BCUT2D eigenvalue weighted by atomic mass is 9.85. The van der Waals surface area contributed by atoms with E-state index in [0.717, 1.165) is 32.7 Å². The van der Waals surface area contributed by atoms with Crippen molar-refractivity contribution in [1.29, 1.82) is 0 Å². The summed E-state index contributed by atoms with van der Waals surface area (Å²) >= 11 is 0. The molecule has 0 aromatic carbocycles. The second-order valence-electron chi connectivity index (χ2n) is 4.90. The monoisotopic (exact) mass is 185 g/mol. The van der Waals surface area contributed by atoms with Crippen LogP contribution in [0.15, 0.2) is 0 Å². The average molecular weight is 185 g/mol. The quantitative estimate of drug-likeness (QED) is 0.648. The third-order valence-corrected chi connectivity index (χ3v) is 2.82. The van der Waals surface area contributed by atoms with E-state index in [9.17, 15) is 0 Å². The van der Waals surface area contributed by atoms with Crippen LogP contribution < -0.4 is 11.1 Å². The highest BCUT2D eigenvalue weighted by atomic mass is 15.2. The highest BCUT2D eigenvalue weighted by Crippen LogP contribution is 2.23. The van der Waals surface area contributed by atoms with E-state index < -0.39 is 0 Å². The maximum absolute atomic E-state index is 5.83. The van der Waals surface area contributed by atoms with Gasteiger partial charge in [0, 0.05) is 38.8 Å². The molecule has 0 spiro atoms. The third kappa shape index (κ3) is 2.93. The minimum absolute atomic E-state index is 0.298. The number of piperazine rings is 1. The number of nitrogens with two attached hydrogens (primary N) is 1. The van der Waals surface area contributed by atoms with Crippen molar-refractivity contribution in [2.24, 2.45) is 11.1 Å². The molecule has 1 aliphatic rings. The fraction of sp³-hybridized carbons (Fsp3) is 1.00. The average Bonchev–Trinajstić information content (AvgIpc) is 2.05. The van der Waals surface area contributed by atoms with Gasteiger partial charge in [0.25, 0.3) is 0 Å². The number of hydrogen-bond donors (Lipinski definition) is 2. The van der Waals surface area contributed by atoms with Crippen LogP contribution in [0.4, 0.5) is 0 Å². The normalized spacial score (nSPS) is 23.1. The summed E-state index contributed by atoms with van der Waals surface area (Å²) < 4.78 is 0. The van der Waals surface area contributed by atoms with Gasteiger partial charge in [0.05, 0.1) is 0 Å². The maximum Gasteiger partial charge on any atom is 0.0267 e. The van der Waals surface area contributed by atoms with E-state index >= 15 is 0 Å². The fourth-order valence-corrected chi connectivity index (χ4v) is 2.04. The molecule has 1 heterocycles. The molecule has 3 heteroatoms. The van der Waals surface area contributed by atoms with Crippen LogP contribution in [-0.2, 0) is 0 Å². The molecule has 3 N–H and O–H groups in total. The molecule has 1 atom stereocenters. The summed E-state index contributed by atoms with van der Waals surface area (Å²) in [5.41, 5.74) is 6.13. The van der Waals surface area contributed by atoms with Crippen molar-refractivity contribution >= 4 is 0 Å². The first kappa shape index (κ1) is 11.0. The molecule has 0 radical (unpaired) electrons. The van der Waals surface area contributed by atoms with E-state index in [1.165, 1.54) is 0 Å². The summed E-state index contributed by atoms with van der Waals surface area (Å²) in [6.07, 6.45) is 0. The zero-order valence-electron chi connectivity index (χ0n) is 9.14. The minimum atomic E-state index is 0.298. The number of nitrogens with one attached hydrogen (secondary N) is 1. The van der Waals surface area contributed by atoms with Gasteiger partial charge in [-0.2, -0.15) is 0 Å². The zero-order chi connectivity index (χ0) is 9.90. The van der Waals surface area contributed by atoms with Gasteiger partial charge >= 0.3 is 0 Å². The summed E-state index contributed by atoms with van der Waals surface area (Å²) in [4.78, 5) is 2.51. The predicted molar refractivity (Wildman–Crippen MR) is 56.7 cm³/mol. The van der Waals surface area contributed by atoms with Gasteiger partial charge in [0.2, 0.25) is 0 Å². The molecule has 0 bridgehead atoms. The number of hydrogen-bond acceptors (Lipinski definition) is 3. The van der Waals surface area contributed by atoms with Crippen LogP contribution in [-0.4, -0.2) is 43.7 Å². The third-order valence-electron chi connectivity index (χ3n) is 2.82. The predicted octanol–water partition coefficient (Wildman–Crippen LogP) is 0.265. The Kier molecular flexibility index (Phi) is 3.71. The van der Waals surface area contributed by atoms with Gasteiger partial charge in [-0.15, -0.1) is 0 Å². The molecular formula is C10H23N3. The van der Waals surface area contributed by atoms with Gasteiger partial charge in [0.15, 0.2) is 0 Å². The zero-order valence-corrected chi connectivity index (χ0v) is 9.14. The smallest absolute Gasteiger partial charge is 0.0267 e. The topological polar surface area (TPSA) is 41.3 Å². The Bertz CT molecular complexity index is 145.